The van der Waals surface area contributed by atoms with E-state index < -0.39 is 18.1 Å². The quantitative estimate of drug-likeness (QED) is 0.0303. The molecule has 246 valence electrons. The van der Waals surface area contributed by atoms with E-state index in [0.29, 0.717) is 60.7 Å². The van der Waals surface area contributed by atoms with Crippen LogP contribution in [0.5, 0.6) is 11.5 Å². The van der Waals surface area contributed by atoms with E-state index in [1.165, 1.54) is 0 Å². The molecule has 0 saturated carbocycles. The monoisotopic (exact) mass is 666 g/mol. The Balaban J connectivity index is 1.37. The molecule has 9 nitrogen and oxygen atoms in total. The van der Waals surface area contributed by atoms with Crippen molar-refractivity contribution < 1.29 is 42.9 Å². The van der Waals surface area contributed by atoms with Gasteiger partial charge in [-0.25, -0.2) is 14.4 Å². The summed E-state index contributed by atoms with van der Waals surface area (Å²) in [5, 5.41) is -0.0959. The van der Waals surface area contributed by atoms with Gasteiger partial charge in [-0.05, 0) is 122 Å². The van der Waals surface area contributed by atoms with Gasteiger partial charge < -0.3 is 23.7 Å². The van der Waals surface area contributed by atoms with Gasteiger partial charge in [-0.3, -0.25) is 4.79 Å². The maximum absolute atomic E-state index is 12.7. The molecule has 0 N–H and O–H groups in total. The Labute approximate surface area is 284 Å². The largest absolute Gasteiger partial charge is 0.513 e. The van der Waals surface area contributed by atoms with Gasteiger partial charge in [0.25, 0.3) is 0 Å². The summed E-state index contributed by atoms with van der Waals surface area (Å²) in [6.45, 7) is 7.84. The molecular weight excluding hydrogens is 632 g/mol. The van der Waals surface area contributed by atoms with Crippen molar-refractivity contribution in [3.63, 3.8) is 0 Å². The van der Waals surface area contributed by atoms with E-state index >= 15 is 0 Å². The fraction of sp³-hybridized carbons (Fsp3) is 0.211. The lowest BCUT2D eigenvalue weighted by Crippen LogP contribution is -2.12. The highest BCUT2D eigenvalue weighted by atomic mass is 32.2. The molecule has 0 radical (unpaired) electrons. The molecule has 0 aromatic heterocycles. The van der Waals surface area contributed by atoms with Crippen molar-refractivity contribution in [1.82, 2.24) is 0 Å². The van der Waals surface area contributed by atoms with E-state index in [0.717, 1.165) is 35.2 Å². The Morgan fingerprint density at radius 2 is 1.08 bits per heavy atom. The first-order chi connectivity index (χ1) is 23.4. The Morgan fingerprint density at radius 1 is 0.604 bits per heavy atom. The third-order valence-corrected chi connectivity index (χ3v) is 7.00. The highest BCUT2D eigenvalue weighted by molar-refractivity contribution is 8.14. The van der Waals surface area contributed by atoms with E-state index in [-0.39, 0.29) is 18.3 Å². The molecule has 0 amide bonds. The van der Waals surface area contributed by atoms with Gasteiger partial charge in [0.1, 0.15) is 11.5 Å². The van der Waals surface area contributed by atoms with E-state index in [1.54, 1.807) is 48.5 Å². The summed E-state index contributed by atoms with van der Waals surface area (Å²) in [5.74, 6) is 11.5. The number of ether oxygens (including phenoxy) is 5. The minimum Gasteiger partial charge on any atom is -0.494 e. The topological polar surface area (TPSA) is 114 Å². The molecule has 0 aliphatic heterocycles. The number of benzene rings is 3. The summed E-state index contributed by atoms with van der Waals surface area (Å²) in [6, 6.07) is 20.8. The van der Waals surface area contributed by atoms with Gasteiger partial charge in [-0.2, -0.15) is 0 Å². The first-order valence-electron chi connectivity index (χ1n) is 15.0. The summed E-state index contributed by atoms with van der Waals surface area (Å²) in [6.07, 6.45) is 3.89. The third-order valence-electron chi connectivity index (χ3n) is 6.07. The number of esters is 2. The van der Waals surface area contributed by atoms with E-state index in [1.807, 2.05) is 24.3 Å². The molecule has 0 heterocycles. The second-order valence-electron chi connectivity index (χ2n) is 9.67. The van der Waals surface area contributed by atoms with Gasteiger partial charge in [-0.15, -0.1) is 0 Å². The lowest BCUT2D eigenvalue weighted by Gasteiger charge is -2.07. The SMILES string of the molecule is C=CC(=O)OCCCCOC(=O)Oc1ccc(C#CC#Cc2ccc(C(=O)Sc3ccc(OCCCCOC(=O)C=C)cc3)cc2)cc1. The van der Waals surface area contributed by atoms with Crippen molar-refractivity contribution >= 4 is 35.0 Å². The summed E-state index contributed by atoms with van der Waals surface area (Å²) in [7, 11) is 0. The zero-order valence-electron chi connectivity index (χ0n) is 26.2. The summed E-state index contributed by atoms with van der Waals surface area (Å²) < 4.78 is 25.6. The minimum atomic E-state index is -0.829. The second kappa shape index (κ2) is 21.2. The number of unbranched alkanes of at least 4 members (excludes halogenated alkanes) is 2. The van der Waals surface area contributed by atoms with Crippen molar-refractivity contribution in [2.45, 2.75) is 30.6 Å². The molecular formula is C38H34O9S. The molecule has 0 fully saturated rings. The molecule has 3 aromatic carbocycles. The lowest BCUT2D eigenvalue weighted by molar-refractivity contribution is -0.138. The molecule has 0 aliphatic rings. The van der Waals surface area contributed by atoms with Crippen LogP contribution in [0.1, 0.15) is 47.2 Å². The Morgan fingerprint density at radius 3 is 1.62 bits per heavy atom. The van der Waals surface area contributed by atoms with Gasteiger partial charge in [-0.1, -0.05) is 25.0 Å². The predicted molar refractivity (Wildman–Crippen MR) is 182 cm³/mol. The number of thioether (sulfide) groups is 1. The van der Waals surface area contributed by atoms with Crippen LogP contribution in [0.2, 0.25) is 0 Å². The molecule has 0 saturated heterocycles. The van der Waals surface area contributed by atoms with E-state index in [4.69, 9.17) is 23.7 Å². The van der Waals surface area contributed by atoms with Gasteiger partial charge in [0, 0.05) is 33.7 Å². The maximum Gasteiger partial charge on any atom is 0.513 e. The zero-order chi connectivity index (χ0) is 34.4. The third kappa shape index (κ3) is 14.6. The Bertz CT molecular complexity index is 1670. The molecule has 48 heavy (non-hydrogen) atoms. The van der Waals surface area contributed by atoms with E-state index in [2.05, 4.69) is 36.8 Å². The summed E-state index contributed by atoms with van der Waals surface area (Å²) in [4.78, 5) is 47.3. The number of hydrogen-bond acceptors (Lipinski definition) is 10. The average Bonchev–Trinajstić information content (AvgIpc) is 3.11. The number of carbonyl (C=O) groups excluding carboxylic acids is 4. The van der Waals surface area contributed by atoms with Crippen LogP contribution in [0.4, 0.5) is 4.79 Å². The van der Waals surface area contributed by atoms with E-state index in [9.17, 15) is 19.2 Å². The van der Waals surface area contributed by atoms with Crippen LogP contribution in [0.15, 0.2) is 103 Å². The highest BCUT2D eigenvalue weighted by Gasteiger charge is 2.09. The van der Waals surface area contributed by atoms with Crippen molar-refractivity contribution in [3.05, 3.63) is 115 Å². The number of rotatable bonds is 16. The molecule has 3 aromatic rings. The first kappa shape index (κ1) is 36.8. The number of carbonyl (C=O) groups is 4. The predicted octanol–water partition coefficient (Wildman–Crippen LogP) is 6.94. The number of hydrogen-bond donors (Lipinski definition) is 0. The second-order valence-corrected chi connectivity index (χ2v) is 10.7. The van der Waals surface area contributed by atoms with Crippen LogP contribution >= 0.6 is 11.8 Å². The van der Waals surface area contributed by atoms with Crippen LogP contribution in [-0.4, -0.2) is 49.6 Å². The van der Waals surface area contributed by atoms with Crippen LogP contribution in [0, 0.1) is 23.7 Å². The van der Waals surface area contributed by atoms with Gasteiger partial charge in [0.2, 0.25) is 5.12 Å². The first-order valence-corrected chi connectivity index (χ1v) is 15.8. The van der Waals surface area contributed by atoms with Crippen molar-refractivity contribution in [3.8, 4) is 35.2 Å². The molecule has 3 rings (SSSR count). The fourth-order valence-corrected chi connectivity index (χ4v) is 4.36. The van der Waals surface area contributed by atoms with Gasteiger partial charge in [0.15, 0.2) is 0 Å². The van der Waals surface area contributed by atoms with Gasteiger partial charge in [0.05, 0.1) is 26.4 Å². The summed E-state index contributed by atoms with van der Waals surface area (Å²) >= 11 is 1.12. The molecule has 0 bridgehead atoms. The van der Waals surface area contributed by atoms with Crippen LogP contribution < -0.4 is 9.47 Å². The van der Waals surface area contributed by atoms with Crippen LogP contribution in [0.25, 0.3) is 0 Å². The smallest absolute Gasteiger partial charge is 0.494 e. The van der Waals surface area contributed by atoms with Gasteiger partial charge >= 0.3 is 18.1 Å². The maximum atomic E-state index is 12.7. The molecule has 10 heteroatoms. The fourth-order valence-electron chi connectivity index (χ4n) is 3.62. The standard InChI is InChI=1S/C38H34O9S/c1-3-35(39)44-26-8-7-25-43-32-21-23-34(24-22-32)48-37(41)31-17-13-29(14-18-31)11-5-6-12-30-15-19-33(20-16-30)47-38(42)46-28-10-9-27-45-36(40)4-2/h3-4,13-24H,1-2,7-10,25-28H2. The molecule has 0 unspecified atom stereocenters. The Kier molecular flexibility index (Phi) is 16.2. The molecule has 0 aliphatic carbocycles. The average molecular weight is 667 g/mol. The van der Waals surface area contributed by atoms with Crippen LogP contribution in [0.3, 0.4) is 0 Å². The lowest BCUT2D eigenvalue weighted by atomic mass is 10.1. The Hall–Kier alpha value is -5.71. The molecule has 0 atom stereocenters. The highest BCUT2D eigenvalue weighted by Crippen LogP contribution is 2.25. The van der Waals surface area contributed by atoms with Crippen molar-refractivity contribution in [1.29, 1.82) is 0 Å². The van der Waals surface area contributed by atoms with Crippen molar-refractivity contribution in [2.24, 2.45) is 0 Å². The summed E-state index contributed by atoms with van der Waals surface area (Å²) in [5.41, 5.74) is 1.94. The normalized spacial score (nSPS) is 9.75. The molecule has 0 spiro atoms. The minimum absolute atomic E-state index is 0.0959. The van der Waals surface area contributed by atoms with Crippen molar-refractivity contribution in [2.75, 3.05) is 26.4 Å². The van der Waals surface area contributed by atoms with Crippen LogP contribution in [-0.2, 0) is 23.8 Å². The zero-order valence-corrected chi connectivity index (χ0v) is 27.1.